The van der Waals surface area contributed by atoms with E-state index in [9.17, 15) is 4.79 Å². The molecule has 13 heavy (non-hydrogen) atoms. The van der Waals surface area contributed by atoms with E-state index in [1.165, 1.54) is 0 Å². The van der Waals surface area contributed by atoms with E-state index in [4.69, 9.17) is 6.42 Å². The van der Waals surface area contributed by atoms with Gasteiger partial charge in [-0.25, -0.2) is 0 Å². The third-order valence-electron chi connectivity index (χ3n) is 1.44. The summed E-state index contributed by atoms with van der Waals surface area (Å²) in [4.78, 5) is 11.2. The van der Waals surface area contributed by atoms with E-state index < -0.39 is 0 Å². The minimum atomic E-state index is -0.0378. The molecule has 0 spiro atoms. The summed E-state index contributed by atoms with van der Waals surface area (Å²) in [6.45, 7) is 3.77. The normalized spacial score (nSPS) is 11.3. The van der Waals surface area contributed by atoms with Crippen molar-refractivity contribution in [2.75, 3.05) is 0 Å². The summed E-state index contributed by atoms with van der Waals surface area (Å²) >= 11 is 0. The molecule has 0 aliphatic carbocycles. The number of carbonyl (C=O) groups excluding carboxylic acids is 1. The Morgan fingerprint density at radius 3 is 2.69 bits per heavy atom. The van der Waals surface area contributed by atoms with E-state index in [-0.39, 0.29) is 5.91 Å². The first kappa shape index (κ1) is 11.5. The van der Waals surface area contributed by atoms with Crippen LogP contribution in [0.3, 0.4) is 0 Å². The van der Waals surface area contributed by atoms with Gasteiger partial charge in [-0.05, 0) is 19.9 Å². The highest BCUT2D eigenvalue weighted by Gasteiger charge is 1.99. The minimum Gasteiger partial charge on any atom is -0.326 e. The monoisotopic (exact) mass is 177 g/mol. The third-order valence-corrected chi connectivity index (χ3v) is 1.44. The van der Waals surface area contributed by atoms with Crippen molar-refractivity contribution in [3.05, 3.63) is 23.9 Å². The number of nitrogens with one attached hydrogen (secondary N) is 1. The second-order valence-corrected chi connectivity index (χ2v) is 2.50. The summed E-state index contributed by atoms with van der Waals surface area (Å²) in [7, 11) is 0. The zero-order chi connectivity index (χ0) is 10.1. The van der Waals surface area contributed by atoms with Gasteiger partial charge in [0.2, 0.25) is 5.91 Å². The van der Waals surface area contributed by atoms with Crippen LogP contribution in [0.1, 0.15) is 26.7 Å². The van der Waals surface area contributed by atoms with Crippen LogP contribution in [0.25, 0.3) is 0 Å². The van der Waals surface area contributed by atoms with Gasteiger partial charge < -0.3 is 5.32 Å². The van der Waals surface area contributed by atoms with Crippen LogP contribution in [0.2, 0.25) is 0 Å². The fraction of sp³-hybridized carbons (Fsp3) is 0.364. The Hall–Kier alpha value is -1.49. The van der Waals surface area contributed by atoms with E-state index in [2.05, 4.69) is 11.2 Å². The lowest BCUT2D eigenvalue weighted by molar-refractivity contribution is -0.120. The van der Waals surface area contributed by atoms with Crippen LogP contribution in [-0.4, -0.2) is 5.91 Å². The lowest BCUT2D eigenvalue weighted by atomic mass is 10.3. The van der Waals surface area contributed by atoms with Crippen molar-refractivity contribution in [2.24, 2.45) is 0 Å². The summed E-state index contributed by atoms with van der Waals surface area (Å²) in [5.41, 5.74) is 0.810. The highest BCUT2D eigenvalue weighted by Crippen LogP contribution is 1.94. The van der Waals surface area contributed by atoms with E-state index in [1.807, 2.05) is 32.1 Å². The van der Waals surface area contributed by atoms with E-state index >= 15 is 0 Å². The fourth-order valence-electron chi connectivity index (χ4n) is 0.799. The van der Waals surface area contributed by atoms with Crippen molar-refractivity contribution in [2.45, 2.75) is 26.7 Å². The highest BCUT2D eigenvalue weighted by molar-refractivity contribution is 5.78. The van der Waals surface area contributed by atoms with Crippen LogP contribution in [0.5, 0.6) is 0 Å². The van der Waals surface area contributed by atoms with E-state index in [0.717, 1.165) is 5.70 Å². The average Bonchev–Trinajstić information content (AvgIpc) is 2.14. The fourth-order valence-corrected chi connectivity index (χ4v) is 0.799. The maximum atomic E-state index is 11.2. The quantitative estimate of drug-likeness (QED) is 0.516. The smallest absolute Gasteiger partial charge is 0.225 e. The topological polar surface area (TPSA) is 29.1 Å². The van der Waals surface area contributed by atoms with Crippen LogP contribution in [-0.2, 0) is 4.79 Å². The first-order valence-electron chi connectivity index (χ1n) is 4.27. The molecule has 0 radical (unpaired) electrons. The Morgan fingerprint density at radius 2 is 2.23 bits per heavy atom. The molecule has 0 aliphatic rings. The predicted octanol–water partition coefficient (Wildman–Crippen LogP) is 2.00. The molecule has 0 atom stereocenters. The first-order chi connectivity index (χ1) is 6.24. The maximum Gasteiger partial charge on any atom is 0.225 e. The number of allylic oxidation sites excluding steroid dienone is 3. The van der Waals surface area contributed by atoms with E-state index in [0.29, 0.717) is 12.8 Å². The molecule has 70 valence electrons. The SMILES string of the molecule is C#CCCC(=O)NC(/C=C\C)=C/C. The van der Waals surface area contributed by atoms with E-state index in [1.54, 1.807) is 0 Å². The molecular formula is C11H15NO. The van der Waals surface area contributed by atoms with Gasteiger partial charge in [0, 0.05) is 18.5 Å². The molecule has 2 heteroatoms. The van der Waals surface area contributed by atoms with Gasteiger partial charge in [-0.3, -0.25) is 4.79 Å². The molecule has 0 fully saturated rings. The second-order valence-electron chi connectivity index (χ2n) is 2.50. The Bertz CT molecular complexity index is 256. The van der Waals surface area contributed by atoms with Crippen molar-refractivity contribution in [3.8, 4) is 12.3 Å². The van der Waals surface area contributed by atoms with Crippen LogP contribution in [0.15, 0.2) is 23.9 Å². The van der Waals surface area contributed by atoms with Gasteiger partial charge in [0.25, 0.3) is 0 Å². The minimum absolute atomic E-state index is 0.0378. The van der Waals surface area contributed by atoms with Gasteiger partial charge >= 0.3 is 0 Å². The number of hydrogen-bond acceptors (Lipinski definition) is 1. The molecule has 0 aliphatic heterocycles. The predicted molar refractivity (Wildman–Crippen MR) is 54.8 cm³/mol. The highest BCUT2D eigenvalue weighted by atomic mass is 16.1. The van der Waals surface area contributed by atoms with Crippen LogP contribution >= 0.6 is 0 Å². The van der Waals surface area contributed by atoms with Crippen molar-refractivity contribution in [1.29, 1.82) is 0 Å². The first-order valence-corrected chi connectivity index (χ1v) is 4.27. The van der Waals surface area contributed by atoms with Gasteiger partial charge in [-0.2, -0.15) is 0 Å². The van der Waals surface area contributed by atoms with Crippen molar-refractivity contribution < 1.29 is 4.79 Å². The maximum absolute atomic E-state index is 11.2. The van der Waals surface area contributed by atoms with Gasteiger partial charge in [-0.15, -0.1) is 12.3 Å². The molecule has 1 amide bonds. The second kappa shape index (κ2) is 7.17. The summed E-state index contributed by atoms with van der Waals surface area (Å²) < 4.78 is 0. The molecule has 0 saturated heterocycles. The number of terminal acetylenes is 1. The largest absolute Gasteiger partial charge is 0.326 e. The van der Waals surface area contributed by atoms with Crippen LogP contribution in [0.4, 0.5) is 0 Å². The van der Waals surface area contributed by atoms with Crippen LogP contribution in [0, 0.1) is 12.3 Å². The summed E-state index contributed by atoms with van der Waals surface area (Å²) in [5.74, 6) is 2.39. The zero-order valence-corrected chi connectivity index (χ0v) is 8.13. The Labute approximate surface area is 79.7 Å². The molecule has 0 unspecified atom stereocenters. The number of hydrogen-bond donors (Lipinski definition) is 1. The van der Waals surface area contributed by atoms with Crippen LogP contribution < -0.4 is 5.32 Å². The molecule has 0 aromatic carbocycles. The number of carbonyl (C=O) groups is 1. The molecule has 0 aromatic rings. The van der Waals surface area contributed by atoms with Crippen molar-refractivity contribution in [3.63, 3.8) is 0 Å². The molecule has 0 aromatic heterocycles. The summed E-state index contributed by atoms with van der Waals surface area (Å²) in [5, 5.41) is 2.74. The van der Waals surface area contributed by atoms with Gasteiger partial charge in [0.15, 0.2) is 0 Å². The Balaban J connectivity index is 3.97. The summed E-state index contributed by atoms with van der Waals surface area (Å²) in [6, 6.07) is 0. The Morgan fingerprint density at radius 1 is 1.54 bits per heavy atom. The standard InChI is InChI=1S/C11H15NO/c1-4-7-9-11(13)12-10(6-3)8-5-2/h1,5-6,8H,7,9H2,2-3H3,(H,12,13)/b8-5-,10-6+. The lowest BCUT2D eigenvalue weighted by Gasteiger charge is -2.03. The molecular weight excluding hydrogens is 162 g/mol. The molecule has 1 N–H and O–H groups in total. The molecule has 0 heterocycles. The van der Waals surface area contributed by atoms with Gasteiger partial charge in [0.05, 0.1) is 0 Å². The zero-order valence-electron chi connectivity index (χ0n) is 8.13. The molecule has 2 nitrogen and oxygen atoms in total. The number of rotatable bonds is 4. The molecule has 0 bridgehead atoms. The van der Waals surface area contributed by atoms with Gasteiger partial charge in [-0.1, -0.05) is 12.2 Å². The molecule has 0 saturated carbocycles. The lowest BCUT2D eigenvalue weighted by Crippen LogP contribution is -2.21. The van der Waals surface area contributed by atoms with Crippen molar-refractivity contribution >= 4 is 5.91 Å². The molecule has 0 rings (SSSR count). The van der Waals surface area contributed by atoms with Crippen molar-refractivity contribution in [1.82, 2.24) is 5.32 Å². The van der Waals surface area contributed by atoms with Gasteiger partial charge in [0.1, 0.15) is 0 Å². The third kappa shape index (κ3) is 5.75. The average molecular weight is 177 g/mol. The summed E-state index contributed by atoms with van der Waals surface area (Å²) in [6.07, 6.45) is 11.5. The Kier molecular flexibility index (Phi) is 6.35. The number of amides is 1.